The number of benzene rings is 1. The Bertz CT molecular complexity index is 566. The summed E-state index contributed by atoms with van der Waals surface area (Å²) in [5.74, 6) is 0.934. The van der Waals surface area contributed by atoms with E-state index in [9.17, 15) is 4.79 Å². The van der Waals surface area contributed by atoms with Crippen LogP contribution in [-0.2, 0) is 11.2 Å². The highest BCUT2D eigenvalue weighted by Crippen LogP contribution is 2.27. The second-order valence-electron chi connectivity index (χ2n) is 7.16. The lowest BCUT2D eigenvalue weighted by Crippen LogP contribution is -2.39. The summed E-state index contributed by atoms with van der Waals surface area (Å²) in [6.07, 6.45) is 1.66. The average molecular weight is 334 g/mol. The van der Waals surface area contributed by atoms with Gasteiger partial charge < -0.3 is 19.3 Å². The first-order chi connectivity index (χ1) is 11.3. The molecule has 0 unspecified atom stereocenters. The topological polar surface area (TPSA) is 42.0 Å². The van der Waals surface area contributed by atoms with E-state index in [4.69, 9.17) is 9.47 Å². The van der Waals surface area contributed by atoms with Crippen molar-refractivity contribution in [3.8, 4) is 5.75 Å². The summed E-state index contributed by atoms with van der Waals surface area (Å²) in [6, 6.07) is 6.37. The van der Waals surface area contributed by atoms with Crippen LogP contribution in [0.2, 0.25) is 0 Å². The molecule has 0 N–H and O–H groups in total. The van der Waals surface area contributed by atoms with Crippen molar-refractivity contribution in [2.45, 2.75) is 46.1 Å². The third kappa shape index (κ3) is 4.79. The van der Waals surface area contributed by atoms with E-state index in [1.54, 1.807) is 7.11 Å². The van der Waals surface area contributed by atoms with E-state index >= 15 is 0 Å². The Morgan fingerprint density at radius 3 is 2.54 bits per heavy atom. The minimum atomic E-state index is -0.452. The van der Waals surface area contributed by atoms with Crippen LogP contribution in [0.15, 0.2) is 18.2 Å². The first-order valence-electron chi connectivity index (χ1n) is 8.74. The van der Waals surface area contributed by atoms with Gasteiger partial charge in [0.25, 0.3) is 0 Å². The lowest BCUT2D eigenvalue weighted by Gasteiger charge is -2.27. The molecule has 0 radical (unpaired) electrons. The number of ether oxygens (including phenoxy) is 2. The molecule has 1 heterocycles. The minimum Gasteiger partial charge on any atom is -0.496 e. The summed E-state index contributed by atoms with van der Waals surface area (Å²) >= 11 is 0. The van der Waals surface area contributed by atoms with Crippen LogP contribution >= 0.6 is 0 Å². The maximum absolute atomic E-state index is 12.3. The van der Waals surface area contributed by atoms with Gasteiger partial charge in [-0.15, -0.1) is 0 Å². The smallest absolute Gasteiger partial charge is 0.410 e. The highest BCUT2D eigenvalue weighted by Gasteiger charge is 2.24. The number of hydrogen-bond acceptors (Lipinski definition) is 4. The quantitative estimate of drug-likeness (QED) is 0.845. The molecule has 1 aromatic rings. The van der Waals surface area contributed by atoms with Crippen LogP contribution in [0.3, 0.4) is 0 Å². The molecule has 1 saturated heterocycles. The lowest BCUT2D eigenvalue weighted by molar-refractivity contribution is 0.0263. The molecular formula is C19H30N2O3. The number of carbonyl (C=O) groups is 1. The van der Waals surface area contributed by atoms with Crippen LogP contribution in [0.4, 0.5) is 10.5 Å². The lowest BCUT2D eigenvalue weighted by atomic mass is 10.1. The van der Waals surface area contributed by atoms with E-state index in [0.717, 1.165) is 43.9 Å². The van der Waals surface area contributed by atoms with Crippen LogP contribution in [0.1, 0.15) is 39.7 Å². The van der Waals surface area contributed by atoms with Gasteiger partial charge in [-0.3, -0.25) is 0 Å². The first-order valence-corrected chi connectivity index (χ1v) is 8.74. The standard InChI is InChI=1S/C19H30N2O3/c1-6-15-8-9-16(14-17(15)23-5)20-10-7-11-21(13-12-20)18(22)24-19(2,3)4/h8-9,14H,6-7,10-13H2,1-5H3. The van der Waals surface area contributed by atoms with Crippen molar-refractivity contribution in [1.82, 2.24) is 4.90 Å². The molecule has 1 aliphatic rings. The number of rotatable bonds is 3. The van der Waals surface area contributed by atoms with E-state index in [0.29, 0.717) is 6.54 Å². The molecule has 2 rings (SSSR count). The molecule has 5 nitrogen and oxygen atoms in total. The number of hydrogen-bond donors (Lipinski definition) is 0. The van der Waals surface area contributed by atoms with Gasteiger partial charge in [0.2, 0.25) is 0 Å². The van der Waals surface area contributed by atoms with Crippen molar-refractivity contribution in [3.05, 3.63) is 23.8 Å². The minimum absolute atomic E-state index is 0.219. The highest BCUT2D eigenvalue weighted by atomic mass is 16.6. The molecule has 0 bridgehead atoms. The van der Waals surface area contributed by atoms with Crippen molar-refractivity contribution in [1.29, 1.82) is 0 Å². The van der Waals surface area contributed by atoms with Crippen molar-refractivity contribution in [2.75, 3.05) is 38.2 Å². The average Bonchev–Trinajstić information content (AvgIpc) is 2.78. The van der Waals surface area contributed by atoms with Crippen molar-refractivity contribution < 1.29 is 14.3 Å². The zero-order chi connectivity index (χ0) is 17.7. The molecule has 1 aromatic carbocycles. The number of amides is 1. The Kier molecular flexibility index (Phi) is 5.97. The molecule has 0 aliphatic carbocycles. The van der Waals surface area contributed by atoms with Gasteiger partial charge in [-0.25, -0.2) is 4.79 Å². The van der Waals surface area contributed by atoms with Gasteiger partial charge >= 0.3 is 6.09 Å². The third-order valence-electron chi connectivity index (χ3n) is 4.16. The Morgan fingerprint density at radius 2 is 1.92 bits per heavy atom. The summed E-state index contributed by atoms with van der Waals surface area (Å²) in [7, 11) is 1.71. The molecule has 0 saturated carbocycles. The molecule has 1 fully saturated rings. The van der Waals surface area contributed by atoms with Crippen molar-refractivity contribution >= 4 is 11.8 Å². The van der Waals surface area contributed by atoms with Gasteiger partial charge in [0.1, 0.15) is 11.4 Å². The zero-order valence-corrected chi connectivity index (χ0v) is 15.6. The second kappa shape index (κ2) is 7.77. The molecule has 1 amide bonds. The van der Waals surface area contributed by atoms with Gasteiger partial charge in [-0.1, -0.05) is 13.0 Å². The molecule has 0 spiro atoms. The number of nitrogens with zero attached hydrogens (tertiary/aromatic N) is 2. The van der Waals surface area contributed by atoms with Gasteiger partial charge in [-0.2, -0.15) is 0 Å². The summed E-state index contributed by atoms with van der Waals surface area (Å²) < 4.78 is 11.0. The fourth-order valence-electron chi connectivity index (χ4n) is 2.91. The summed E-state index contributed by atoms with van der Waals surface area (Å²) in [5.41, 5.74) is 1.91. The Balaban J connectivity index is 2.04. The predicted octanol–water partition coefficient (Wildman–Crippen LogP) is 3.70. The Labute approximate surface area is 145 Å². The fourth-order valence-corrected chi connectivity index (χ4v) is 2.91. The molecule has 134 valence electrons. The van der Waals surface area contributed by atoms with Crippen LogP contribution in [0.25, 0.3) is 0 Å². The molecular weight excluding hydrogens is 304 g/mol. The van der Waals surface area contributed by atoms with Gasteiger partial charge in [-0.05, 0) is 45.2 Å². The third-order valence-corrected chi connectivity index (χ3v) is 4.16. The first kappa shape index (κ1) is 18.4. The number of aryl methyl sites for hydroxylation is 1. The summed E-state index contributed by atoms with van der Waals surface area (Å²) in [4.78, 5) is 16.4. The molecule has 0 aromatic heterocycles. The fraction of sp³-hybridized carbons (Fsp3) is 0.632. The van der Waals surface area contributed by atoms with Gasteiger partial charge in [0.05, 0.1) is 7.11 Å². The molecule has 5 heteroatoms. The van der Waals surface area contributed by atoms with Crippen molar-refractivity contribution in [2.24, 2.45) is 0 Å². The SMILES string of the molecule is CCc1ccc(N2CCCN(C(=O)OC(C)(C)C)CC2)cc1OC. The number of carbonyl (C=O) groups excluding carboxylic acids is 1. The van der Waals surface area contributed by atoms with Gasteiger partial charge in [0.15, 0.2) is 0 Å². The second-order valence-corrected chi connectivity index (χ2v) is 7.16. The normalized spacial score (nSPS) is 15.9. The number of methoxy groups -OCH3 is 1. The largest absolute Gasteiger partial charge is 0.496 e. The Morgan fingerprint density at radius 1 is 1.17 bits per heavy atom. The maximum atomic E-state index is 12.3. The predicted molar refractivity (Wildman–Crippen MR) is 97.0 cm³/mol. The zero-order valence-electron chi connectivity index (χ0n) is 15.6. The van der Waals surface area contributed by atoms with E-state index < -0.39 is 5.60 Å². The summed E-state index contributed by atoms with van der Waals surface area (Å²) in [5, 5.41) is 0. The van der Waals surface area contributed by atoms with Gasteiger partial charge in [0, 0.05) is 37.9 Å². The van der Waals surface area contributed by atoms with Crippen LogP contribution in [0, 0.1) is 0 Å². The maximum Gasteiger partial charge on any atom is 0.410 e. The van der Waals surface area contributed by atoms with Crippen molar-refractivity contribution in [3.63, 3.8) is 0 Å². The summed E-state index contributed by atoms with van der Waals surface area (Å²) in [6.45, 7) is 11.0. The van der Waals surface area contributed by atoms with Crippen LogP contribution < -0.4 is 9.64 Å². The van der Waals surface area contributed by atoms with Crippen LogP contribution in [0.5, 0.6) is 5.75 Å². The Hall–Kier alpha value is -1.91. The molecule has 0 atom stereocenters. The highest BCUT2D eigenvalue weighted by molar-refractivity contribution is 5.68. The van der Waals surface area contributed by atoms with Crippen LogP contribution in [-0.4, -0.2) is 49.9 Å². The molecule has 1 aliphatic heterocycles. The van der Waals surface area contributed by atoms with E-state index in [1.165, 1.54) is 5.56 Å². The van der Waals surface area contributed by atoms with E-state index in [2.05, 4.69) is 30.0 Å². The monoisotopic (exact) mass is 334 g/mol. The van der Waals surface area contributed by atoms with E-state index in [1.807, 2.05) is 25.7 Å². The molecule has 24 heavy (non-hydrogen) atoms. The number of anilines is 1. The van der Waals surface area contributed by atoms with E-state index in [-0.39, 0.29) is 6.09 Å².